The Labute approximate surface area is 54.2 Å². The summed E-state index contributed by atoms with van der Waals surface area (Å²) in [6.45, 7) is 3.49. The van der Waals surface area contributed by atoms with E-state index in [0.29, 0.717) is 0 Å². The number of halogens is 2. The van der Waals surface area contributed by atoms with Crippen LogP contribution < -0.4 is 0 Å². The van der Waals surface area contributed by atoms with Crippen molar-refractivity contribution >= 4 is 31.9 Å². The second-order valence-corrected chi connectivity index (χ2v) is 2.07. The van der Waals surface area contributed by atoms with Gasteiger partial charge in [0.1, 0.15) is 0 Å². The fourth-order valence-electron chi connectivity index (χ4n) is 0.0445. The van der Waals surface area contributed by atoms with E-state index in [2.05, 4.69) is 38.4 Å². The summed E-state index contributed by atoms with van der Waals surface area (Å²) >= 11 is 6.27. The number of hydrogen-bond acceptors (Lipinski definition) is 0. The second-order valence-electron chi connectivity index (χ2n) is 0.698. The molecule has 0 nitrogen and oxygen atoms in total. The van der Waals surface area contributed by atoms with Gasteiger partial charge in [0.05, 0.1) is 0 Å². The molecule has 0 bridgehead atoms. The fraction of sp³-hybridized carbons (Fsp3) is 0. The molecule has 0 aromatic heterocycles. The zero-order valence-electron chi connectivity index (χ0n) is 3.12. The zero-order valence-corrected chi connectivity index (χ0v) is 6.29. The maximum atomic E-state index is 3.49. The van der Waals surface area contributed by atoms with Crippen LogP contribution in [0.25, 0.3) is 0 Å². The van der Waals surface area contributed by atoms with E-state index in [4.69, 9.17) is 0 Å². The lowest BCUT2D eigenvalue weighted by Crippen LogP contribution is -1.46. The van der Waals surface area contributed by atoms with Crippen molar-refractivity contribution in [2.24, 2.45) is 0 Å². The van der Waals surface area contributed by atoms with Gasteiger partial charge in [0.2, 0.25) is 0 Å². The summed E-state index contributed by atoms with van der Waals surface area (Å²) in [4.78, 5) is 1.75. The van der Waals surface area contributed by atoms with Gasteiger partial charge in [-0.3, -0.25) is 0 Å². The molecule has 0 aliphatic rings. The van der Waals surface area contributed by atoms with Crippen LogP contribution in [0.5, 0.6) is 0 Å². The van der Waals surface area contributed by atoms with Crippen molar-refractivity contribution in [3.63, 3.8) is 0 Å². The quantitative estimate of drug-likeness (QED) is 0.586. The van der Waals surface area contributed by atoms with Crippen LogP contribution in [-0.4, -0.2) is 0 Å². The average Bonchev–Trinajstić information content (AvgIpc) is 1.65. The second kappa shape index (κ2) is 3.62. The van der Waals surface area contributed by atoms with Gasteiger partial charge in [-0.05, 0) is 4.99 Å². The lowest BCUT2D eigenvalue weighted by atomic mass is 10.6. The summed E-state index contributed by atoms with van der Waals surface area (Å²) in [5, 5.41) is 0. The van der Waals surface area contributed by atoms with Crippen LogP contribution in [0.3, 0.4) is 0 Å². The Balaban J connectivity index is 3.50. The third-order valence-electron chi connectivity index (χ3n) is 0.299. The minimum absolute atomic E-state index is 0.961. The summed E-state index contributed by atoms with van der Waals surface area (Å²) in [6.07, 6.45) is 1.70. The summed E-state index contributed by atoms with van der Waals surface area (Å²) in [5.41, 5.74) is 0. The highest BCUT2D eigenvalue weighted by Gasteiger charge is 1.71. The Kier molecular flexibility index (Phi) is 3.89. The molecule has 0 fully saturated rings. The Morgan fingerprint density at radius 2 is 2.17 bits per heavy atom. The smallest absolute Gasteiger partial charge is 0.0238 e. The molecule has 0 atom stereocenters. The number of hydrogen-bond donors (Lipinski definition) is 0. The van der Waals surface area contributed by atoms with E-state index >= 15 is 0 Å². The van der Waals surface area contributed by atoms with E-state index < -0.39 is 0 Å². The average molecular weight is 212 g/mol. The Morgan fingerprint density at radius 1 is 1.67 bits per heavy atom. The monoisotopic (exact) mass is 210 g/mol. The van der Waals surface area contributed by atoms with E-state index in [1.54, 1.807) is 11.1 Å². The van der Waals surface area contributed by atoms with Crippen LogP contribution in [0.1, 0.15) is 0 Å². The van der Waals surface area contributed by atoms with Gasteiger partial charge in [0.15, 0.2) is 0 Å². The van der Waals surface area contributed by atoms with Crippen LogP contribution in [0, 0.1) is 0 Å². The van der Waals surface area contributed by atoms with Gasteiger partial charge in [0.25, 0.3) is 0 Å². The van der Waals surface area contributed by atoms with Crippen LogP contribution in [0.4, 0.5) is 0 Å². The van der Waals surface area contributed by atoms with Gasteiger partial charge in [-0.2, -0.15) is 0 Å². The predicted molar refractivity (Wildman–Crippen MR) is 36.1 cm³/mol. The number of rotatable bonds is 1. The molecule has 0 aliphatic heterocycles. The first kappa shape index (κ1) is 6.44. The van der Waals surface area contributed by atoms with Crippen LogP contribution in [0.2, 0.25) is 0 Å². The molecule has 0 amide bonds. The molecule has 0 aromatic rings. The van der Waals surface area contributed by atoms with E-state index in [9.17, 15) is 0 Å². The molecule has 2 heteroatoms. The van der Waals surface area contributed by atoms with Gasteiger partial charge >= 0.3 is 0 Å². The molecule has 0 heterocycles. The molecule has 0 radical (unpaired) electrons. The summed E-state index contributed by atoms with van der Waals surface area (Å²) in [6, 6.07) is 0. The predicted octanol–water partition coefficient (Wildman–Crippen LogP) is 2.80. The maximum absolute atomic E-state index is 3.49. The van der Waals surface area contributed by atoms with Gasteiger partial charge in [-0.25, -0.2) is 0 Å². The van der Waals surface area contributed by atoms with Crippen LogP contribution in [0.15, 0.2) is 22.1 Å². The Morgan fingerprint density at radius 3 is 2.17 bits per heavy atom. The molecular formula is C4H4Br2. The first-order valence-electron chi connectivity index (χ1n) is 1.39. The maximum Gasteiger partial charge on any atom is 0.0238 e. The summed E-state index contributed by atoms with van der Waals surface area (Å²) < 4.78 is 0.961. The first-order valence-corrected chi connectivity index (χ1v) is 3.10. The highest BCUT2D eigenvalue weighted by molar-refractivity contribution is 9.14. The molecule has 0 aromatic carbocycles. The van der Waals surface area contributed by atoms with Crippen LogP contribution >= 0.6 is 31.9 Å². The lowest BCUT2D eigenvalue weighted by molar-refractivity contribution is 2.07. The van der Waals surface area contributed by atoms with Crippen molar-refractivity contribution in [3.8, 4) is 0 Å². The van der Waals surface area contributed by atoms with Crippen LogP contribution in [-0.2, 0) is 0 Å². The Bertz CT molecular complexity index is 73.6. The molecule has 0 unspecified atom stereocenters. The molecule has 0 saturated heterocycles. The zero-order chi connectivity index (χ0) is 4.99. The van der Waals surface area contributed by atoms with Crippen molar-refractivity contribution in [2.75, 3.05) is 0 Å². The summed E-state index contributed by atoms with van der Waals surface area (Å²) in [5.74, 6) is 0. The molecule has 0 saturated carbocycles. The van der Waals surface area contributed by atoms with Crippen molar-refractivity contribution in [1.29, 1.82) is 0 Å². The van der Waals surface area contributed by atoms with E-state index in [-0.39, 0.29) is 0 Å². The fourth-order valence-corrected chi connectivity index (χ4v) is 0.231. The molecule has 0 rings (SSSR count). The van der Waals surface area contributed by atoms with Gasteiger partial charge < -0.3 is 0 Å². The first-order chi connectivity index (χ1) is 2.81. The third-order valence-corrected chi connectivity index (χ3v) is 1.96. The Hall–Kier alpha value is 0.440. The van der Waals surface area contributed by atoms with E-state index in [1.165, 1.54) is 0 Å². The third kappa shape index (κ3) is 2.67. The van der Waals surface area contributed by atoms with Gasteiger partial charge in [-0.15, -0.1) is 0 Å². The normalized spacial score (nSPS) is 11.3. The van der Waals surface area contributed by atoms with Gasteiger partial charge in [-0.1, -0.05) is 44.5 Å². The topological polar surface area (TPSA) is 0 Å². The number of allylic oxidation sites excluding steroid dienone is 2. The van der Waals surface area contributed by atoms with E-state index in [1.807, 2.05) is 0 Å². The highest BCUT2D eigenvalue weighted by Crippen LogP contribution is 2.06. The standard InChI is InChI=1S/C4H4Br2/c1-2-4(6)3-5/h2-3H,1H2/b4-3-. The molecular weight excluding hydrogens is 208 g/mol. The van der Waals surface area contributed by atoms with Crippen molar-refractivity contribution in [1.82, 2.24) is 0 Å². The molecule has 0 spiro atoms. The molecule has 0 N–H and O–H groups in total. The summed E-state index contributed by atoms with van der Waals surface area (Å²) in [7, 11) is 0. The lowest BCUT2D eigenvalue weighted by Gasteiger charge is -1.74. The highest BCUT2D eigenvalue weighted by atomic mass is 79.9. The van der Waals surface area contributed by atoms with Crippen molar-refractivity contribution in [2.45, 2.75) is 0 Å². The van der Waals surface area contributed by atoms with E-state index in [0.717, 1.165) is 4.48 Å². The van der Waals surface area contributed by atoms with Gasteiger partial charge in [0, 0.05) is 4.48 Å². The molecule has 6 heavy (non-hydrogen) atoms. The largest absolute Gasteiger partial charge is 0.0979 e. The SMILES string of the molecule is C=C/C(Br)=C/Br. The minimum atomic E-state index is 0.961. The minimum Gasteiger partial charge on any atom is -0.0979 e. The van der Waals surface area contributed by atoms with Crippen molar-refractivity contribution < 1.29 is 0 Å². The molecule has 0 aliphatic carbocycles. The molecule has 34 valence electrons. The van der Waals surface area contributed by atoms with Crippen molar-refractivity contribution in [3.05, 3.63) is 22.1 Å².